The lowest BCUT2D eigenvalue weighted by atomic mass is 10.2. The number of nitrogens with zero attached hydrogens (tertiary/aromatic N) is 4. The van der Waals surface area contributed by atoms with Gasteiger partial charge in [0.1, 0.15) is 19.2 Å². The molecule has 0 atom stereocenters. The van der Waals surface area contributed by atoms with Gasteiger partial charge in [0.15, 0.2) is 0 Å². The topological polar surface area (TPSA) is 80.1 Å². The first kappa shape index (κ1) is 17.3. The summed E-state index contributed by atoms with van der Waals surface area (Å²) in [6.45, 7) is 0.419. The van der Waals surface area contributed by atoms with Gasteiger partial charge in [-0.05, 0) is 29.8 Å². The highest BCUT2D eigenvalue weighted by atomic mass is 32.2. The molecule has 0 unspecified atom stereocenters. The molecule has 8 heteroatoms. The molecule has 3 aromatic rings. The number of thioether (sulfide) groups is 1. The first-order chi connectivity index (χ1) is 13.2. The normalized spacial score (nSPS) is 13.3. The van der Waals surface area contributed by atoms with Gasteiger partial charge in [-0.2, -0.15) is 5.10 Å². The Bertz CT molecular complexity index is 956. The third-order valence-corrected chi connectivity index (χ3v) is 5.27. The molecule has 1 aliphatic rings. The van der Waals surface area contributed by atoms with Gasteiger partial charge in [-0.25, -0.2) is 9.67 Å². The van der Waals surface area contributed by atoms with Gasteiger partial charge in [0.05, 0.1) is 17.1 Å². The Labute approximate surface area is 160 Å². The number of rotatable bonds is 5. The maximum atomic E-state index is 12.4. The minimum Gasteiger partial charge on any atom is -0.350 e. The molecule has 0 aliphatic carbocycles. The molecular formula is C19H17N5O2S. The summed E-state index contributed by atoms with van der Waals surface area (Å²) in [6, 6.07) is 15.3. The van der Waals surface area contributed by atoms with E-state index in [0.29, 0.717) is 12.3 Å². The van der Waals surface area contributed by atoms with Crippen molar-refractivity contribution in [1.29, 1.82) is 0 Å². The quantitative estimate of drug-likeness (QED) is 0.734. The summed E-state index contributed by atoms with van der Waals surface area (Å²) >= 11 is 1.50. The van der Waals surface area contributed by atoms with E-state index in [2.05, 4.69) is 15.4 Å². The van der Waals surface area contributed by atoms with E-state index in [-0.39, 0.29) is 18.4 Å². The maximum Gasteiger partial charge on any atom is 0.240 e. The Kier molecular flexibility index (Phi) is 4.88. The third-order valence-electron chi connectivity index (χ3n) is 4.22. The lowest BCUT2D eigenvalue weighted by Crippen LogP contribution is -2.43. The van der Waals surface area contributed by atoms with Crippen molar-refractivity contribution in [2.24, 2.45) is 0 Å². The molecule has 1 aromatic heterocycles. The highest BCUT2D eigenvalue weighted by molar-refractivity contribution is 8.00. The van der Waals surface area contributed by atoms with E-state index in [9.17, 15) is 9.59 Å². The van der Waals surface area contributed by atoms with Crippen LogP contribution in [0.25, 0.3) is 5.69 Å². The molecule has 2 heterocycles. The predicted octanol–water partition coefficient (Wildman–Crippen LogP) is 2.02. The van der Waals surface area contributed by atoms with Gasteiger partial charge in [0.2, 0.25) is 11.8 Å². The average Bonchev–Trinajstić information content (AvgIpc) is 3.24. The smallest absolute Gasteiger partial charge is 0.240 e. The Morgan fingerprint density at radius 2 is 1.96 bits per heavy atom. The monoisotopic (exact) mass is 379 g/mol. The number of benzene rings is 2. The van der Waals surface area contributed by atoms with Crippen molar-refractivity contribution in [3.8, 4) is 5.69 Å². The van der Waals surface area contributed by atoms with Gasteiger partial charge >= 0.3 is 0 Å². The molecule has 1 aliphatic heterocycles. The highest BCUT2D eigenvalue weighted by Gasteiger charge is 2.25. The first-order valence-corrected chi connectivity index (χ1v) is 9.42. The minimum absolute atomic E-state index is 0.0213. The van der Waals surface area contributed by atoms with E-state index in [1.165, 1.54) is 18.1 Å². The van der Waals surface area contributed by atoms with Crippen molar-refractivity contribution < 1.29 is 9.59 Å². The van der Waals surface area contributed by atoms with Crippen molar-refractivity contribution in [1.82, 2.24) is 20.1 Å². The Morgan fingerprint density at radius 3 is 2.74 bits per heavy atom. The molecule has 136 valence electrons. The minimum atomic E-state index is -0.189. The average molecular weight is 379 g/mol. The maximum absolute atomic E-state index is 12.4. The summed E-state index contributed by atoms with van der Waals surface area (Å²) in [5.74, 6) is 0.116. The van der Waals surface area contributed by atoms with Gasteiger partial charge < -0.3 is 10.2 Å². The zero-order valence-electron chi connectivity index (χ0n) is 14.4. The van der Waals surface area contributed by atoms with E-state index in [4.69, 9.17) is 0 Å². The SMILES string of the molecule is O=C(CN1C(=O)CSc2ccccc21)NCc1ccc(-n2cncn2)cc1. The summed E-state index contributed by atoms with van der Waals surface area (Å²) < 4.78 is 1.67. The molecule has 2 amide bonds. The Balaban J connectivity index is 1.37. The molecule has 0 saturated carbocycles. The van der Waals surface area contributed by atoms with Crippen LogP contribution in [-0.4, -0.2) is 38.9 Å². The molecule has 0 radical (unpaired) electrons. The number of carbonyl (C=O) groups excluding carboxylic acids is 2. The van der Waals surface area contributed by atoms with E-state index < -0.39 is 0 Å². The van der Waals surface area contributed by atoms with Crippen LogP contribution in [0.4, 0.5) is 5.69 Å². The number of fused-ring (bicyclic) bond motifs is 1. The van der Waals surface area contributed by atoms with Crippen LogP contribution in [0.5, 0.6) is 0 Å². The fraction of sp³-hybridized carbons (Fsp3) is 0.158. The summed E-state index contributed by atoms with van der Waals surface area (Å²) in [4.78, 5) is 31.1. The summed E-state index contributed by atoms with van der Waals surface area (Å²) in [6.07, 6.45) is 3.11. The summed E-state index contributed by atoms with van der Waals surface area (Å²) in [7, 11) is 0. The van der Waals surface area contributed by atoms with Gasteiger partial charge in [-0.15, -0.1) is 11.8 Å². The lowest BCUT2D eigenvalue weighted by Gasteiger charge is -2.28. The first-order valence-electron chi connectivity index (χ1n) is 8.43. The van der Waals surface area contributed by atoms with Crippen molar-refractivity contribution in [2.45, 2.75) is 11.4 Å². The van der Waals surface area contributed by atoms with Crippen LogP contribution in [0.1, 0.15) is 5.56 Å². The molecule has 27 heavy (non-hydrogen) atoms. The Hall–Kier alpha value is -3.13. The van der Waals surface area contributed by atoms with Crippen LogP contribution < -0.4 is 10.2 Å². The highest BCUT2D eigenvalue weighted by Crippen LogP contribution is 2.34. The standard InChI is InChI=1S/C19H17N5O2S/c25-18(10-23-16-3-1-2-4-17(16)27-11-19(23)26)21-9-14-5-7-15(8-6-14)24-13-20-12-22-24/h1-8,12-13H,9-11H2,(H,21,25). The second kappa shape index (κ2) is 7.63. The number of amides is 2. The number of anilines is 1. The van der Waals surface area contributed by atoms with Gasteiger partial charge in [0.25, 0.3) is 0 Å². The summed E-state index contributed by atoms with van der Waals surface area (Å²) in [5.41, 5.74) is 2.66. The fourth-order valence-corrected chi connectivity index (χ4v) is 3.77. The van der Waals surface area contributed by atoms with Crippen LogP contribution in [-0.2, 0) is 16.1 Å². The zero-order chi connectivity index (χ0) is 18.6. The van der Waals surface area contributed by atoms with Crippen molar-refractivity contribution in [3.63, 3.8) is 0 Å². The van der Waals surface area contributed by atoms with E-state index in [1.54, 1.807) is 15.9 Å². The Morgan fingerprint density at radius 1 is 1.15 bits per heavy atom. The number of hydrogen-bond donors (Lipinski definition) is 1. The lowest BCUT2D eigenvalue weighted by molar-refractivity contribution is -0.123. The molecule has 4 rings (SSSR count). The van der Waals surface area contributed by atoms with E-state index >= 15 is 0 Å². The largest absolute Gasteiger partial charge is 0.350 e. The molecule has 0 saturated heterocycles. The van der Waals surface area contributed by atoms with E-state index in [0.717, 1.165) is 21.8 Å². The number of para-hydroxylation sites is 1. The fourth-order valence-electron chi connectivity index (χ4n) is 2.84. The molecule has 7 nitrogen and oxygen atoms in total. The number of nitrogens with one attached hydrogen (secondary N) is 1. The zero-order valence-corrected chi connectivity index (χ0v) is 15.2. The molecule has 0 bridgehead atoms. The molecule has 1 N–H and O–H groups in total. The van der Waals surface area contributed by atoms with Crippen molar-refractivity contribution >= 4 is 29.3 Å². The van der Waals surface area contributed by atoms with Crippen LogP contribution in [0.2, 0.25) is 0 Å². The molecule has 2 aromatic carbocycles. The van der Waals surface area contributed by atoms with Crippen LogP contribution in [0.15, 0.2) is 66.1 Å². The third kappa shape index (κ3) is 3.85. The number of hydrogen-bond acceptors (Lipinski definition) is 5. The molecule has 0 spiro atoms. The van der Waals surface area contributed by atoms with Gasteiger partial charge in [0, 0.05) is 11.4 Å². The van der Waals surface area contributed by atoms with Crippen molar-refractivity contribution in [3.05, 3.63) is 66.7 Å². The van der Waals surface area contributed by atoms with Crippen LogP contribution in [0.3, 0.4) is 0 Å². The second-order valence-electron chi connectivity index (χ2n) is 6.02. The van der Waals surface area contributed by atoms with Crippen molar-refractivity contribution in [2.75, 3.05) is 17.2 Å². The molecule has 0 fully saturated rings. The predicted molar refractivity (Wildman–Crippen MR) is 103 cm³/mol. The van der Waals surface area contributed by atoms with Crippen LogP contribution >= 0.6 is 11.8 Å². The summed E-state index contributed by atoms with van der Waals surface area (Å²) in [5, 5.41) is 6.96. The number of carbonyl (C=O) groups is 2. The van der Waals surface area contributed by atoms with E-state index in [1.807, 2.05) is 48.5 Å². The number of aromatic nitrogens is 3. The van der Waals surface area contributed by atoms with Crippen LogP contribution in [0, 0.1) is 0 Å². The molecular weight excluding hydrogens is 362 g/mol. The van der Waals surface area contributed by atoms with Gasteiger partial charge in [-0.3, -0.25) is 9.59 Å². The second-order valence-corrected chi connectivity index (χ2v) is 7.04. The van der Waals surface area contributed by atoms with Gasteiger partial charge in [-0.1, -0.05) is 24.3 Å².